The normalized spacial score (nSPS) is 14.5. The van der Waals surface area contributed by atoms with Crippen LogP contribution in [-0.2, 0) is 0 Å². The number of pyridine rings is 2. The van der Waals surface area contributed by atoms with Crippen LogP contribution in [0.15, 0.2) is 43.0 Å². The smallest absolute Gasteiger partial charge is 0.138 e. The van der Waals surface area contributed by atoms with Gasteiger partial charge in [0, 0.05) is 42.6 Å². The van der Waals surface area contributed by atoms with Crippen molar-refractivity contribution >= 4 is 16.7 Å². The molecule has 0 unspecified atom stereocenters. The van der Waals surface area contributed by atoms with Crippen molar-refractivity contribution in [1.29, 1.82) is 0 Å². The fraction of sp³-hybridized carbons (Fsp3) is 0.235. The van der Waals surface area contributed by atoms with E-state index in [9.17, 15) is 0 Å². The lowest BCUT2D eigenvalue weighted by molar-refractivity contribution is 0.272. The lowest BCUT2D eigenvalue weighted by Crippen LogP contribution is -2.56. The van der Waals surface area contributed by atoms with Gasteiger partial charge in [-0.1, -0.05) is 0 Å². The molecule has 0 bridgehead atoms. The third kappa shape index (κ3) is 2.27. The van der Waals surface area contributed by atoms with Crippen molar-refractivity contribution in [3.63, 3.8) is 0 Å². The summed E-state index contributed by atoms with van der Waals surface area (Å²) in [6, 6.07) is 6.47. The zero-order valence-electron chi connectivity index (χ0n) is 12.8. The molecule has 0 atom stereocenters. The molecule has 1 fully saturated rings. The molecule has 1 aliphatic heterocycles. The van der Waals surface area contributed by atoms with Crippen molar-refractivity contribution in [3.05, 3.63) is 54.5 Å². The predicted molar refractivity (Wildman–Crippen MR) is 89.7 cm³/mol. The second-order valence-corrected chi connectivity index (χ2v) is 5.76. The molecule has 0 spiro atoms. The van der Waals surface area contributed by atoms with Crippen molar-refractivity contribution in [1.82, 2.24) is 20.0 Å². The van der Waals surface area contributed by atoms with Gasteiger partial charge < -0.3 is 9.88 Å². The molecule has 0 saturated carbocycles. The van der Waals surface area contributed by atoms with E-state index in [4.69, 9.17) is 6.57 Å². The van der Waals surface area contributed by atoms with Gasteiger partial charge in [0.1, 0.15) is 11.7 Å². The Balaban J connectivity index is 1.65. The number of rotatable bonds is 3. The number of H-pyrrole nitrogens is 1. The van der Waals surface area contributed by atoms with E-state index >= 15 is 0 Å². The summed E-state index contributed by atoms with van der Waals surface area (Å²) in [5.74, 6) is 0. The van der Waals surface area contributed by atoms with Gasteiger partial charge in [0.2, 0.25) is 0 Å². The SMILES string of the molecule is [C-]#[N+]N(C)C1CN(c2cnc3[nH]cc(-c4ccncc4)c3c2)C1. The number of nitrogens with zero attached hydrogens (tertiary/aromatic N) is 5. The van der Waals surface area contributed by atoms with Gasteiger partial charge >= 0.3 is 0 Å². The lowest BCUT2D eigenvalue weighted by atomic mass is 10.1. The van der Waals surface area contributed by atoms with Crippen LogP contribution in [0.25, 0.3) is 27.1 Å². The highest BCUT2D eigenvalue weighted by molar-refractivity contribution is 5.95. The topological polar surface area (TPSA) is 52.4 Å². The maximum atomic E-state index is 7.07. The molecule has 0 radical (unpaired) electrons. The molecule has 114 valence electrons. The molecule has 1 saturated heterocycles. The summed E-state index contributed by atoms with van der Waals surface area (Å²) in [7, 11) is 1.84. The first-order valence-electron chi connectivity index (χ1n) is 7.49. The van der Waals surface area contributed by atoms with E-state index in [1.165, 1.54) is 0 Å². The van der Waals surface area contributed by atoms with Gasteiger partial charge in [-0.15, -0.1) is 5.01 Å². The van der Waals surface area contributed by atoms with E-state index < -0.39 is 0 Å². The molecular formula is C17H16N6. The third-order valence-electron chi connectivity index (χ3n) is 4.42. The number of aromatic amines is 1. The summed E-state index contributed by atoms with van der Waals surface area (Å²) in [6.07, 6.45) is 7.48. The summed E-state index contributed by atoms with van der Waals surface area (Å²) in [5, 5.41) is 2.80. The van der Waals surface area contributed by atoms with Crippen LogP contribution in [0.1, 0.15) is 0 Å². The Kier molecular flexibility index (Phi) is 3.12. The highest BCUT2D eigenvalue weighted by Gasteiger charge is 2.33. The van der Waals surface area contributed by atoms with E-state index in [1.54, 1.807) is 17.4 Å². The van der Waals surface area contributed by atoms with Gasteiger partial charge in [-0.25, -0.2) is 4.98 Å². The van der Waals surface area contributed by atoms with Crippen molar-refractivity contribution in [2.24, 2.45) is 0 Å². The minimum Gasteiger partial charge on any atom is -0.365 e. The first kappa shape index (κ1) is 13.6. The largest absolute Gasteiger partial charge is 0.365 e. The minimum atomic E-state index is 0.300. The molecule has 23 heavy (non-hydrogen) atoms. The molecule has 0 aliphatic carbocycles. The Hall–Kier alpha value is -3.07. The number of fused-ring (bicyclic) bond motifs is 1. The summed E-state index contributed by atoms with van der Waals surface area (Å²) >= 11 is 0. The number of nitrogens with one attached hydrogen (secondary N) is 1. The quantitative estimate of drug-likeness (QED) is 0.597. The maximum Gasteiger partial charge on any atom is 0.138 e. The standard InChI is InChI=1S/C17H16N6/c1-18-22(2)14-10-23(11-14)13-7-15-16(9-21-17(15)20-8-13)12-3-5-19-6-4-12/h3-9,14H,10-11H2,2H3,(H,20,21). The number of likely N-dealkylation sites (N-methyl/N-ethyl adjacent to an activating group) is 1. The lowest BCUT2D eigenvalue weighted by Gasteiger charge is -2.40. The zero-order valence-corrected chi connectivity index (χ0v) is 12.8. The Labute approximate surface area is 134 Å². The van der Waals surface area contributed by atoms with Gasteiger partial charge in [0.15, 0.2) is 0 Å². The molecule has 3 aromatic rings. The van der Waals surface area contributed by atoms with Crippen molar-refractivity contribution < 1.29 is 0 Å². The summed E-state index contributed by atoms with van der Waals surface area (Å²) < 4.78 is 0. The average molecular weight is 304 g/mol. The average Bonchev–Trinajstić information content (AvgIpc) is 2.97. The maximum absolute atomic E-state index is 7.07. The first-order valence-corrected chi connectivity index (χ1v) is 7.49. The molecule has 1 N–H and O–H groups in total. The third-order valence-corrected chi connectivity index (χ3v) is 4.42. The number of anilines is 1. The molecule has 3 aromatic heterocycles. The summed E-state index contributed by atoms with van der Waals surface area (Å²) in [5.41, 5.74) is 4.24. The van der Waals surface area contributed by atoms with E-state index in [2.05, 4.69) is 30.9 Å². The highest BCUT2D eigenvalue weighted by atomic mass is 15.5. The van der Waals surface area contributed by atoms with Gasteiger partial charge in [0.25, 0.3) is 0 Å². The fourth-order valence-corrected chi connectivity index (χ4v) is 2.92. The van der Waals surface area contributed by atoms with Crippen LogP contribution in [0.5, 0.6) is 0 Å². The van der Waals surface area contributed by atoms with Crippen LogP contribution in [0, 0.1) is 6.57 Å². The Morgan fingerprint density at radius 2 is 2.13 bits per heavy atom. The highest BCUT2D eigenvalue weighted by Crippen LogP contribution is 2.31. The fourth-order valence-electron chi connectivity index (χ4n) is 2.92. The van der Waals surface area contributed by atoms with Crippen LogP contribution in [0.3, 0.4) is 0 Å². The van der Waals surface area contributed by atoms with E-state index in [1.807, 2.05) is 31.6 Å². The van der Waals surface area contributed by atoms with Crippen LogP contribution >= 0.6 is 0 Å². The summed E-state index contributed by atoms with van der Waals surface area (Å²) in [4.78, 5) is 17.5. The molecule has 4 rings (SSSR count). The van der Waals surface area contributed by atoms with Gasteiger partial charge in [-0.2, -0.15) is 11.5 Å². The Morgan fingerprint density at radius 3 is 2.87 bits per heavy atom. The first-order chi connectivity index (χ1) is 11.3. The Morgan fingerprint density at radius 1 is 1.35 bits per heavy atom. The molecule has 6 heteroatoms. The minimum absolute atomic E-state index is 0.300. The van der Waals surface area contributed by atoms with Gasteiger partial charge in [-0.05, 0) is 23.8 Å². The number of hydrogen-bond donors (Lipinski definition) is 1. The van der Waals surface area contributed by atoms with Crippen LogP contribution in [0.2, 0.25) is 0 Å². The molecule has 6 nitrogen and oxygen atoms in total. The number of hydrogen-bond acceptors (Lipinski definition) is 4. The molecule has 0 aromatic carbocycles. The second kappa shape index (κ2) is 5.29. The van der Waals surface area contributed by atoms with Crippen LogP contribution in [-0.4, -0.2) is 46.1 Å². The molecular weight excluding hydrogens is 288 g/mol. The Bertz CT molecular complexity index is 873. The van der Waals surface area contributed by atoms with Crippen LogP contribution in [0.4, 0.5) is 5.69 Å². The zero-order chi connectivity index (χ0) is 15.8. The van der Waals surface area contributed by atoms with E-state index in [0.29, 0.717) is 6.04 Å². The molecule has 4 heterocycles. The monoisotopic (exact) mass is 304 g/mol. The van der Waals surface area contributed by atoms with Gasteiger partial charge in [-0.3, -0.25) is 4.98 Å². The van der Waals surface area contributed by atoms with Crippen LogP contribution < -0.4 is 4.90 Å². The summed E-state index contributed by atoms with van der Waals surface area (Å²) in [6.45, 7) is 8.79. The molecule has 0 amide bonds. The second-order valence-electron chi connectivity index (χ2n) is 5.76. The van der Waals surface area contributed by atoms with Gasteiger partial charge in [0.05, 0.1) is 18.9 Å². The van der Waals surface area contributed by atoms with Crippen molar-refractivity contribution in [3.8, 4) is 11.1 Å². The van der Waals surface area contributed by atoms with E-state index in [-0.39, 0.29) is 0 Å². The van der Waals surface area contributed by atoms with E-state index in [0.717, 1.165) is 40.9 Å². The number of aromatic nitrogens is 3. The van der Waals surface area contributed by atoms with Crippen molar-refractivity contribution in [2.45, 2.75) is 6.04 Å². The molecule has 1 aliphatic rings. The van der Waals surface area contributed by atoms with Crippen molar-refractivity contribution in [2.75, 3.05) is 25.0 Å². The predicted octanol–water partition coefficient (Wildman–Crippen LogP) is 2.58.